The molecule has 106 valence electrons. The van der Waals surface area contributed by atoms with Crippen LogP contribution in [0, 0.1) is 0 Å². The third-order valence-corrected chi connectivity index (χ3v) is 4.42. The Hall–Kier alpha value is -0.800. The highest BCUT2D eigenvalue weighted by Gasteiger charge is 2.24. The van der Waals surface area contributed by atoms with Crippen LogP contribution >= 0.6 is 11.6 Å². The van der Waals surface area contributed by atoms with Gasteiger partial charge in [0.1, 0.15) is 5.82 Å². The van der Waals surface area contributed by atoms with Crippen LogP contribution in [0.4, 0.5) is 5.82 Å². The van der Waals surface area contributed by atoms with Crippen LogP contribution in [-0.2, 0) is 6.54 Å². The largest absolute Gasteiger partial charge is 0.353 e. The normalized spacial score (nSPS) is 15.6. The van der Waals surface area contributed by atoms with Gasteiger partial charge in [-0.05, 0) is 44.7 Å². The zero-order valence-corrected chi connectivity index (χ0v) is 13.1. The Morgan fingerprint density at radius 2 is 2.16 bits per heavy atom. The second-order valence-corrected chi connectivity index (χ2v) is 6.44. The lowest BCUT2D eigenvalue weighted by molar-refractivity contribution is 0.467. The molecule has 0 radical (unpaired) electrons. The van der Waals surface area contributed by atoms with Gasteiger partial charge in [0.15, 0.2) is 0 Å². The Kier molecular flexibility index (Phi) is 4.36. The standard InChI is InChI=1S/C15H24ClN3/c1-5-15(2,3)19(4)14-13(16)8-11(10-18-14)9-17-12-6-7-12/h8,10,12,17H,5-7,9H2,1-4H3. The zero-order valence-electron chi connectivity index (χ0n) is 12.3. The Morgan fingerprint density at radius 3 is 2.68 bits per heavy atom. The van der Waals surface area contributed by atoms with Crippen LogP contribution in [0.1, 0.15) is 45.6 Å². The second kappa shape index (κ2) is 5.68. The fraction of sp³-hybridized carbons (Fsp3) is 0.667. The lowest BCUT2D eigenvalue weighted by Crippen LogP contribution is -2.41. The first-order chi connectivity index (χ1) is 8.94. The van der Waals surface area contributed by atoms with Gasteiger partial charge in [0.2, 0.25) is 0 Å². The quantitative estimate of drug-likeness (QED) is 0.863. The van der Waals surface area contributed by atoms with Crippen LogP contribution in [-0.4, -0.2) is 23.6 Å². The van der Waals surface area contributed by atoms with Crippen LogP contribution in [0.5, 0.6) is 0 Å². The van der Waals surface area contributed by atoms with Crippen LogP contribution < -0.4 is 10.2 Å². The predicted molar refractivity (Wildman–Crippen MR) is 81.9 cm³/mol. The number of rotatable bonds is 6. The Labute approximate surface area is 121 Å². The molecule has 19 heavy (non-hydrogen) atoms. The van der Waals surface area contributed by atoms with Crippen molar-refractivity contribution in [3.8, 4) is 0 Å². The number of hydrogen-bond acceptors (Lipinski definition) is 3. The maximum Gasteiger partial charge on any atom is 0.147 e. The third kappa shape index (κ3) is 3.61. The van der Waals surface area contributed by atoms with Gasteiger partial charge in [0.05, 0.1) is 5.02 Å². The van der Waals surface area contributed by atoms with Crippen molar-refractivity contribution in [2.45, 2.75) is 58.2 Å². The van der Waals surface area contributed by atoms with Gasteiger partial charge >= 0.3 is 0 Å². The van der Waals surface area contributed by atoms with Gasteiger partial charge in [-0.3, -0.25) is 0 Å². The predicted octanol–water partition coefficient (Wildman–Crippen LogP) is 3.61. The zero-order chi connectivity index (χ0) is 14.0. The number of hydrogen-bond donors (Lipinski definition) is 1. The van der Waals surface area contributed by atoms with E-state index in [0.29, 0.717) is 6.04 Å². The third-order valence-electron chi connectivity index (χ3n) is 4.14. The van der Waals surface area contributed by atoms with Crippen molar-refractivity contribution >= 4 is 17.4 Å². The molecule has 0 saturated heterocycles. The first-order valence-electron chi connectivity index (χ1n) is 7.05. The molecular formula is C15H24ClN3. The molecule has 0 spiro atoms. The number of pyridine rings is 1. The molecule has 1 aliphatic rings. The van der Waals surface area contributed by atoms with Crippen molar-refractivity contribution < 1.29 is 0 Å². The van der Waals surface area contributed by atoms with Crippen molar-refractivity contribution in [1.29, 1.82) is 0 Å². The lowest BCUT2D eigenvalue weighted by atomic mass is 10.00. The van der Waals surface area contributed by atoms with Crippen LogP contribution in [0.25, 0.3) is 0 Å². The van der Waals surface area contributed by atoms with Gasteiger partial charge < -0.3 is 10.2 Å². The Morgan fingerprint density at radius 1 is 1.47 bits per heavy atom. The average molecular weight is 282 g/mol. The van der Waals surface area contributed by atoms with Gasteiger partial charge in [0.25, 0.3) is 0 Å². The minimum atomic E-state index is 0.0599. The van der Waals surface area contributed by atoms with Crippen LogP contribution in [0.2, 0.25) is 5.02 Å². The van der Waals surface area contributed by atoms with Crippen molar-refractivity contribution in [2.24, 2.45) is 0 Å². The fourth-order valence-corrected chi connectivity index (χ4v) is 2.20. The Bertz CT molecular complexity index is 441. The highest BCUT2D eigenvalue weighted by molar-refractivity contribution is 6.33. The number of anilines is 1. The van der Waals surface area contributed by atoms with E-state index in [-0.39, 0.29) is 5.54 Å². The molecule has 0 atom stereocenters. The molecule has 0 aliphatic heterocycles. The van der Waals surface area contributed by atoms with E-state index in [0.717, 1.165) is 29.4 Å². The molecule has 2 rings (SSSR count). The molecule has 4 heteroatoms. The molecule has 1 aromatic rings. The fourth-order valence-electron chi connectivity index (χ4n) is 1.89. The smallest absolute Gasteiger partial charge is 0.147 e. The minimum Gasteiger partial charge on any atom is -0.353 e. The topological polar surface area (TPSA) is 28.2 Å². The molecule has 1 saturated carbocycles. The van der Waals surface area contributed by atoms with Crippen molar-refractivity contribution in [3.05, 3.63) is 22.8 Å². The summed E-state index contributed by atoms with van der Waals surface area (Å²) in [6.45, 7) is 7.44. The van der Waals surface area contributed by atoms with E-state index < -0.39 is 0 Å². The van der Waals surface area contributed by atoms with Gasteiger partial charge in [-0.1, -0.05) is 18.5 Å². The maximum atomic E-state index is 6.39. The summed E-state index contributed by atoms with van der Waals surface area (Å²) in [5.74, 6) is 0.865. The summed E-state index contributed by atoms with van der Waals surface area (Å²) < 4.78 is 0. The number of nitrogens with zero attached hydrogens (tertiary/aromatic N) is 2. The van der Waals surface area contributed by atoms with E-state index in [4.69, 9.17) is 11.6 Å². The molecule has 0 aromatic carbocycles. The number of aromatic nitrogens is 1. The van der Waals surface area contributed by atoms with E-state index >= 15 is 0 Å². The summed E-state index contributed by atoms with van der Waals surface area (Å²) in [4.78, 5) is 6.70. The van der Waals surface area contributed by atoms with Crippen molar-refractivity contribution in [3.63, 3.8) is 0 Å². The summed E-state index contributed by atoms with van der Waals surface area (Å²) in [5.41, 5.74) is 1.22. The molecule has 0 unspecified atom stereocenters. The SMILES string of the molecule is CCC(C)(C)N(C)c1ncc(CNC2CC2)cc1Cl. The maximum absolute atomic E-state index is 6.39. The summed E-state index contributed by atoms with van der Waals surface area (Å²) >= 11 is 6.39. The molecule has 1 aromatic heterocycles. The van der Waals surface area contributed by atoms with Gasteiger partial charge in [-0.25, -0.2) is 4.98 Å². The van der Waals surface area contributed by atoms with E-state index in [9.17, 15) is 0 Å². The number of halogens is 1. The molecule has 0 bridgehead atoms. The van der Waals surface area contributed by atoms with Crippen molar-refractivity contribution in [1.82, 2.24) is 10.3 Å². The van der Waals surface area contributed by atoms with Crippen LogP contribution in [0.15, 0.2) is 12.3 Å². The first-order valence-corrected chi connectivity index (χ1v) is 7.43. The molecule has 1 heterocycles. The van der Waals surface area contributed by atoms with E-state index in [1.165, 1.54) is 12.8 Å². The van der Waals surface area contributed by atoms with Gasteiger partial charge in [-0.15, -0.1) is 0 Å². The second-order valence-electron chi connectivity index (χ2n) is 6.03. The first kappa shape index (κ1) is 14.6. The number of nitrogens with one attached hydrogen (secondary N) is 1. The van der Waals surface area contributed by atoms with Crippen molar-refractivity contribution in [2.75, 3.05) is 11.9 Å². The van der Waals surface area contributed by atoms with Gasteiger partial charge in [-0.2, -0.15) is 0 Å². The molecular weight excluding hydrogens is 258 g/mol. The molecule has 1 N–H and O–H groups in total. The van der Waals surface area contributed by atoms with E-state index in [1.807, 2.05) is 12.3 Å². The minimum absolute atomic E-state index is 0.0599. The Balaban J connectivity index is 2.09. The van der Waals surface area contributed by atoms with E-state index in [2.05, 4.69) is 43.0 Å². The summed E-state index contributed by atoms with van der Waals surface area (Å²) in [7, 11) is 2.06. The summed E-state index contributed by atoms with van der Waals surface area (Å²) in [6.07, 6.45) is 5.57. The molecule has 1 aliphatic carbocycles. The highest BCUT2D eigenvalue weighted by Crippen LogP contribution is 2.30. The molecule has 3 nitrogen and oxygen atoms in total. The van der Waals surface area contributed by atoms with Crippen LogP contribution in [0.3, 0.4) is 0 Å². The average Bonchev–Trinajstić information content (AvgIpc) is 3.19. The van der Waals surface area contributed by atoms with E-state index in [1.54, 1.807) is 0 Å². The lowest BCUT2D eigenvalue weighted by Gasteiger charge is -2.36. The summed E-state index contributed by atoms with van der Waals surface area (Å²) in [6, 6.07) is 2.74. The monoisotopic (exact) mass is 281 g/mol. The summed E-state index contributed by atoms with van der Waals surface area (Å²) in [5, 5.41) is 4.21. The highest BCUT2D eigenvalue weighted by atomic mass is 35.5. The molecule has 1 fully saturated rings. The van der Waals surface area contributed by atoms with Gasteiger partial charge in [0, 0.05) is 31.4 Å². The molecule has 0 amide bonds.